The Kier molecular flexibility index (Phi) is 6.28. The van der Waals surface area contributed by atoms with Gasteiger partial charge in [0.2, 0.25) is 0 Å². The lowest BCUT2D eigenvalue weighted by molar-refractivity contribution is 0.00852. The van der Waals surface area contributed by atoms with Crippen molar-refractivity contribution in [2.24, 2.45) is 12.5 Å². The molecular weight excluding hydrogens is 414 g/mol. The first-order chi connectivity index (χ1) is 14.9. The molecule has 2 aliphatic rings. The van der Waals surface area contributed by atoms with Crippen molar-refractivity contribution in [3.63, 3.8) is 0 Å². The second kappa shape index (κ2) is 8.95. The number of ether oxygens (including phenoxy) is 1. The number of aromatic nitrogens is 1. The summed E-state index contributed by atoms with van der Waals surface area (Å²) in [6, 6.07) is 9.35. The van der Waals surface area contributed by atoms with E-state index in [2.05, 4.69) is 12.2 Å². The molecule has 0 bridgehead atoms. The number of benzene rings is 1. The van der Waals surface area contributed by atoms with Crippen LogP contribution in [0.2, 0.25) is 5.02 Å². The quantitative estimate of drug-likeness (QED) is 0.724. The third-order valence-corrected chi connectivity index (χ3v) is 6.77. The average molecular weight is 444 g/mol. The third-order valence-electron chi connectivity index (χ3n) is 6.56. The van der Waals surface area contributed by atoms with Gasteiger partial charge in [-0.15, -0.1) is 0 Å². The summed E-state index contributed by atoms with van der Waals surface area (Å²) < 4.78 is 7.41. The number of hydrogen-bond donors (Lipinski definition) is 1. The highest BCUT2D eigenvalue weighted by Crippen LogP contribution is 2.49. The van der Waals surface area contributed by atoms with Crippen LogP contribution in [0.15, 0.2) is 36.5 Å². The first kappa shape index (κ1) is 21.8. The Morgan fingerprint density at radius 2 is 1.97 bits per heavy atom. The Hall–Kier alpha value is -2.47. The van der Waals surface area contributed by atoms with Crippen molar-refractivity contribution >= 4 is 23.4 Å². The van der Waals surface area contributed by atoms with Gasteiger partial charge in [-0.25, -0.2) is 0 Å². The fraction of sp³-hybridized carbons (Fsp3) is 0.500. The number of aryl methyl sites for hydroxylation is 1. The molecule has 7 heteroatoms. The summed E-state index contributed by atoms with van der Waals surface area (Å²) in [6.07, 6.45) is 6.57. The van der Waals surface area contributed by atoms with E-state index in [9.17, 15) is 9.59 Å². The van der Waals surface area contributed by atoms with Gasteiger partial charge >= 0.3 is 0 Å². The van der Waals surface area contributed by atoms with E-state index in [1.54, 1.807) is 16.8 Å². The molecule has 1 spiro atoms. The smallest absolute Gasteiger partial charge is 0.268 e. The number of amides is 2. The molecule has 1 aromatic carbocycles. The fourth-order valence-electron chi connectivity index (χ4n) is 4.81. The van der Waals surface area contributed by atoms with Crippen LogP contribution in [0.4, 0.5) is 0 Å². The lowest BCUT2D eigenvalue weighted by Gasteiger charge is -2.52. The number of nitrogens with one attached hydrogen (secondary N) is 1. The predicted molar refractivity (Wildman–Crippen MR) is 121 cm³/mol. The van der Waals surface area contributed by atoms with Crippen LogP contribution in [-0.2, 0) is 7.05 Å². The number of carbonyl (C=O) groups is 2. The molecule has 1 aliphatic heterocycles. The number of hydrogen-bond acceptors (Lipinski definition) is 3. The number of halogens is 1. The van der Waals surface area contributed by atoms with Crippen LogP contribution in [0, 0.1) is 5.41 Å². The van der Waals surface area contributed by atoms with E-state index in [4.69, 9.17) is 16.3 Å². The van der Waals surface area contributed by atoms with Crippen LogP contribution in [-0.4, -0.2) is 47.0 Å². The molecule has 4 rings (SSSR count). The lowest BCUT2D eigenvalue weighted by atomic mass is 9.60. The van der Waals surface area contributed by atoms with Gasteiger partial charge in [-0.05, 0) is 61.8 Å². The molecule has 1 N–H and O–H groups in total. The molecule has 1 saturated carbocycles. The van der Waals surface area contributed by atoms with Crippen molar-refractivity contribution in [2.45, 2.75) is 45.1 Å². The number of nitrogens with zero attached hydrogens (tertiary/aromatic N) is 2. The van der Waals surface area contributed by atoms with Gasteiger partial charge in [-0.2, -0.15) is 0 Å². The van der Waals surface area contributed by atoms with Gasteiger partial charge in [0.25, 0.3) is 11.8 Å². The molecule has 1 aromatic heterocycles. The standard InChI is InChI=1S/C24H30ClN3O3/c1-3-11-31-20-6-4-5-17(12-20)23(30)28-9-7-24(8-10-28)14-19(15-24)26-22(29)21-13-18(25)16-27(21)2/h4-6,12-13,16,19H,3,7-11,14-15H2,1-2H3,(H,26,29). The topological polar surface area (TPSA) is 63.6 Å². The number of likely N-dealkylation sites (tertiary alicyclic amines) is 1. The van der Waals surface area contributed by atoms with Gasteiger partial charge < -0.3 is 19.5 Å². The fourth-order valence-corrected chi connectivity index (χ4v) is 5.06. The van der Waals surface area contributed by atoms with E-state index in [-0.39, 0.29) is 23.3 Å². The van der Waals surface area contributed by atoms with Crippen LogP contribution < -0.4 is 10.1 Å². The van der Waals surface area contributed by atoms with Crippen LogP contribution in [0.5, 0.6) is 5.75 Å². The molecule has 6 nitrogen and oxygen atoms in total. The van der Waals surface area contributed by atoms with Crippen molar-refractivity contribution in [1.82, 2.24) is 14.8 Å². The monoisotopic (exact) mass is 443 g/mol. The van der Waals surface area contributed by atoms with E-state index < -0.39 is 0 Å². The molecule has 2 aromatic rings. The minimum atomic E-state index is -0.0768. The Bertz CT molecular complexity index is 955. The highest BCUT2D eigenvalue weighted by molar-refractivity contribution is 6.31. The maximum absolute atomic E-state index is 12.9. The maximum atomic E-state index is 12.9. The third kappa shape index (κ3) is 4.74. The number of rotatable bonds is 6. The van der Waals surface area contributed by atoms with Crippen LogP contribution in [0.25, 0.3) is 0 Å². The van der Waals surface area contributed by atoms with Gasteiger partial charge in [0.1, 0.15) is 11.4 Å². The first-order valence-electron chi connectivity index (χ1n) is 11.0. The average Bonchev–Trinajstić information content (AvgIpc) is 3.09. The van der Waals surface area contributed by atoms with Gasteiger partial charge in [-0.1, -0.05) is 24.6 Å². The number of carbonyl (C=O) groups excluding carboxylic acids is 2. The summed E-state index contributed by atoms with van der Waals surface area (Å²) in [5.41, 5.74) is 1.51. The van der Waals surface area contributed by atoms with Crippen molar-refractivity contribution in [3.8, 4) is 5.75 Å². The summed E-state index contributed by atoms with van der Waals surface area (Å²) >= 11 is 5.99. The Labute approximate surface area is 188 Å². The minimum absolute atomic E-state index is 0.0709. The zero-order valence-electron chi connectivity index (χ0n) is 18.2. The molecule has 31 heavy (non-hydrogen) atoms. The van der Waals surface area contributed by atoms with Crippen molar-refractivity contribution in [3.05, 3.63) is 52.8 Å². The Morgan fingerprint density at radius 1 is 1.23 bits per heavy atom. The SMILES string of the molecule is CCCOc1cccc(C(=O)N2CCC3(CC2)CC(NC(=O)c2cc(Cl)cn2C)C3)c1. The van der Waals surface area contributed by atoms with Crippen molar-refractivity contribution in [2.75, 3.05) is 19.7 Å². The van der Waals surface area contributed by atoms with E-state index in [1.807, 2.05) is 36.2 Å². The Morgan fingerprint density at radius 3 is 2.61 bits per heavy atom. The van der Waals surface area contributed by atoms with Gasteiger partial charge in [-0.3, -0.25) is 9.59 Å². The molecule has 0 unspecified atom stereocenters. The molecule has 0 radical (unpaired) electrons. The molecule has 166 valence electrons. The van der Waals surface area contributed by atoms with E-state index in [1.165, 1.54) is 0 Å². The molecule has 1 aliphatic carbocycles. The second-order valence-corrected chi connectivity index (χ2v) is 9.34. The van der Waals surface area contributed by atoms with E-state index in [0.29, 0.717) is 22.9 Å². The first-order valence-corrected chi connectivity index (χ1v) is 11.4. The van der Waals surface area contributed by atoms with Crippen LogP contribution >= 0.6 is 11.6 Å². The van der Waals surface area contributed by atoms with Crippen LogP contribution in [0.1, 0.15) is 59.9 Å². The lowest BCUT2D eigenvalue weighted by Crippen LogP contribution is -2.55. The predicted octanol–water partition coefficient (Wildman–Crippen LogP) is 4.28. The summed E-state index contributed by atoms with van der Waals surface area (Å²) in [7, 11) is 1.82. The summed E-state index contributed by atoms with van der Waals surface area (Å²) in [6.45, 7) is 4.23. The highest BCUT2D eigenvalue weighted by atomic mass is 35.5. The summed E-state index contributed by atoms with van der Waals surface area (Å²) in [5.74, 6) is 0.742. The second-order valence-electron chi connectivity index (χ2n) is 8.90. The van der Waals surface area contributed by atoms with Gasteiger partial charge in [0, 0.05) is 37.9 Å². The van der Waals surface area contributed by atoms with Crippen molar-refractivity contribution in [1.29, 1.82) is 0 Å². The zero-order valence-corrected chi connectivity index (χ0v) is 19.0. The minimum Gasteiger partial charge on any atom is -0.494 e. The summed E-state index contributed by atoms with van der Waals surface area (Å²) in [5, 5.41) is 3.70. The van der Waals surface area contributed by atoms with Crippen molar-refractivity contribution < 1.29 is 14.3 Å². The molecule has 0 atom stereocenters. The Balaban J connectivity index is 1.27. The molecule has 2 fully saturated rings. The zero-order chi connectivity index (χ0) is 22.0. The molecular formula is C24H30ClN3O3. The summed E-state index contributed by atoms with van der Waals surface area (Å²) in [4.78, 5) is 27.4. The van der Waals surface area contributed by atoms with E-state index in [0.717, 1.165) is 50.9 Å². The van der Waals surface area contributed by atoms with Gasteiger partial charge in [0.15, 0.2) is 0 Å². The normalized spacial score (nSPS) is 18.0. The molecule has 2 heterocycles. The number of piperidine rings is 1. The largest absolute Gasteiger partial charge is 0.494 e. The highest BCUT2D eigenvalue weighted by Gasteiger charge is 2.47. The van der Waals surface area contributed by atoms with E-state index >= 15 is 0 Å². The van der Waals surface area contributed by atoms with Crippen LogP contribution in [0.3, 0.4) is 0 Å². The van der Waals surface area contributed by atoms with Gasteiger partial charge in [0.05, 0.1) is 11.6 Å². The molecule has 1 saturated heterocycles. The maximum Gasteiger partial charge on any atom is 0.268 e. The molecule has 2 amide bonds.